The van der Waals surface area contributed by atoms with Crippen LogP contribution in [0.5, 0.6) is 5.75 Å². The number of piperidine rings is 1. The molecule has 1 saturated heterocycles. The first-order valence-electron chi connectivity index (χ1n) is 9.38. The highest BCUT2D eigenvalue weighted by atomic mass is 16.5. The van der Waals surface area contributed by atoms with Gasteiger partial charge in [0.2, 0.25) is 0 Å². The lowest BCUT2D eigenvalue weighted by atomic mass is 10.0. The average Bonchev–Trinajstić information content (AvgIpc) is 3.28. The van der Waals surface area contributed by atoms with Gasteiger partial charge in [0.05, 0.1) is 13.2 Å². The lowest BCUT2D eigenvalue weighted by Gasteiger charge is -2.34. The third kappa shape index (κ3) is 3.29. The maximum absolute atomic E-state index is 13.1. The van der Waals surface area contributed by atoms with Gasteiger partial charge in [-0.25, -0.2) is 0 Å². The number of methoxy groups -OCH3 is 1. The molecule has 27 heavy (non-hydrogen) atoms. The van der Waals surface area contributed by atoms with Crippen molar-refractivity contribution in [2.45, 2.75) is 31.8 Å². The Bertz CT molecular complexity index is 865. The number of carbonyl (C=O) groups is 2. The zero-order chi connectivity index (χ0) is 19.0. The quantitative estimate of drug-likeness (QED) is 0.907. The van der Waals surface area contributed by atoms with Crippen molar-refractivity contribution >= 4 is 11.8 Å². The van der Waals surface area contributed by atoms with E-state index < -0.39 is 0 Å². The molecule has 1 N–H and O–H groups in total. The summed E-state index contributed by atoms with van der Waals surface area (Å²) < 4.78 is 5.24. The highest BCUT2D eigenvalue weighted by Gasteiger charge is 2.47. The van der Waals surface area contributed by atoms with Gasteiger partial charge in [-0.15, -0.1) is 0 Å². The summed E-state index contributed by atoms with van der Waals surface area (Å²) in [6.07, 6.45) is 1.90. The highest BCUT2D eigenvalue weighted by Crippen LogP contribution is 2.39. The van der Waals surface area contributed by atoms with Crippen LogP contribution < -0.4 is 10.1 Å². The summed E-state index contributed by atoms with van der Waals surface area (Å²) in [5.41, 5.74) is 2.27. The molecule has 1 aliphatic heterocycles. The van der Waals surface area contributed by atoms with Crippen LogP contribution >= 0.6 is 0 Å². The lowest BCUT2D eigenvalue weighted by Crippen LogP contribution is -2.52. The SMILES string of the molecule is COc1ccc(C(=O)N2C[C@@H]3C[C@H](NC(=O)c4ccccc4)[C@H]2C3)c(C)c1. The number of nitrogens with one attached hydrogen (secondary N) is 1. The summed E-state index contributed by atoms with van der Waals surface area (Å²) >= 11 is 0. The number of amides is 2. The molecule has 2 aromatic rings. The minimum atomic E-state index is -0.0684. The Balaban J connectivity index is 1.49. The topological polar surface area (TPSA) is 58.6 Å². The van der Waals surface area contributed by atoms with Crippen molar-refractivity contribution in [2.75, 3.05) is 13.7 Å². The molecular weight excluding hydrogens is 340 g/mol. The van der Waals surface area contributed by atoms with E-state index in [4.69, 9.17) is 4.74 Å². The monoisotopic (exact) mass is 364 g/mol. The smallest absolute Gasteiger partial charge is 0.254 e. The van der Waals surface area contributed by atoms with E-state index in [1.165, 1.54) is 0 Å². The Morgan fingerprint density at radius 2 is 1.89 bits per heavy atom. The molecule has 3 atom stereocenters. The molecule has 2 bridgehead atoms. The van der Waals surface area contributed by atoms with Crippen LogP contribution in [0.4, 0.5) is 0 Å². The van der Waals surface area contributed by atoms with Gasteiger partial charge in [-0.3, -0.25) is 9.59 Å². The van der Waals surface area contributed by atoms with Gasteiger partial charge >= 0.3 is 0 Å². The van der Waals surface area contributed by atoms with E-state index in [0.717, 1.165) is 30.7 Å². The third-order valence-electron chi connectivity index (χ3n) is 5.76. The molecule has 5 heteroatoms. The van der Waals surface area contributed by atoms with E-state index >= 15 is 0 Å². The maximum atomic E-state index is 13.1. The van der Waals surface area contributed by atoms with E-state index in [1.54, 1.807) is 7.11 Å². The molecule has 2 amide bonds. The second-order valence-electron chi connectivity index (χ2n) is 7.49. The van der Waals surface area contributed by atoms with Gasteiger partial charge in [0.1, 0.15) is 5.75 Å². The molecule has 1 heterocycles. The van der Waals surface area contributed by atoms with Gasteiger partial charge in [-0.2, -0.15) is 0 Å². The molecule has 2 aromatic carbocycles. The molecule has 0 aromatic heterocycles. The van der Waals surface area contributed by atoms with Crippen LogP contribution in [0.1, 0.15) is 39.1 Å². The van der Waals surface area contributed by atoms with Crippen molar-refractivity contribution in [2.24, 2.45) is 5.92 Å². The molecule has 0 unspecified atom stereocenters. The number of benzene rings is 2. The van der Waals surface area contributed by atoms with Crippen LogP contribution in [0.3, 0.4) is 0 Å². The number of hydrogen-bond donors (Lipinski definition) is 1. The Morgan fingerprint density at radius 3 is 2.56 bits per heavy atom. The van der Waals surface area contributed by atoms with Gasteiger partial charge in [0.25, 0.3) is 11.8 Å². The maximum Gasteiger partial charge on any atom is 0.254 e. The number of rotatable bonds is 4. The van der Waals surface area contributed by atoms with Crippen LogP contribution in [-0.4, -0.2) is 42.5 Å². The minimum absolute atomic E-state index is 0.0129. The Labute approximate surface area is 159 Å². The fourth-order valence-electron chi connectivity index (χ4n) is 4.41. The number of ether oxygens (including phenoxy) is 1. The Morgan fingerprint density at radius 1 is 1.11 bits per heavy atom. The van der Waals surface area contributed by atoms with Crippen LogP contribution in [0.15, 0.2) is 48.5 Å². The average molecular weight is 364 g/mol. The predicted molar refractivity (Wildman–Crippen MR) is 103 cm³/mol. The summed E-state index contributed by atoms with van der Waals surface area (Å²) in [6, 6.07) is 14.9. The van der Waals surface area contributed by atoms with Gasteiger partial charge in [-0.1, -0.05) is 18.2 Å². The molecule has 1 saturated carbocycles. The van der Waals surface area contributed by atoms with Crippen molar-refractivity contribution in [3.05, 3.63) is 65.2 Å². The normalized spacial score (nSPS) is 23.3. The molecule has 1 aliphatic carbocycles. The second-order valence-corrected chi connectivity index (χ2v) is 7.49. The molecule has 4 rings (SSSR count). The van der Waals surface area contributed by atoms with Gasteiger partial charge in [0.15, 0.2) is 0 Å². The lowest BCUT2D eigenvalue weighted by molar-refractivity contribution is 0.0648. The van der Waals surface area contributed by atoms with Crippen molar-refractivity contribution in [1.82, 2.24) is 10.2 Å². The van der Waals surface area contributed by atoms with E-state index in [1.807, 2.05) is 60.4 Å². The number of nitrogens with zero attached hydrogens (tertiary/aromatic N) is 1. The standard InChI is InChI=1S/C22H24N2O3/c1-14-10-17(27-2)8-9-18(14)22(26)24-13-15-11-19(20(24)12-15)23-21(25)16-6-4-3-5-7-16/h3-10,15,19-20H,11-13H2,1-2H3,(H,23,25)/t15-,19+,20-/m1/s1. The van der Waals surface area contributed by atoms with Gasteiger partial charge in [0, 0.05) is 23.7 Å². The molecule has 140 valence electrons. The first-order chi connectivity index (χ1) is 13.1. The van der Waals surface area contributed by atoms with Gasteiger partial charge < -0.3 is 15.0 Å². The van der Waals surface area contributed by atoms with Crippen molar-refractivity contribution in [3.63, 3.8) is 0 Å². The van der Waals surface area contributed by atoms with Crippen molar-refractivity contribution in [3.8, 4) is 5.75 Å². The van der Waals surface area contributed by atoms with E-state index in [0.29, 0.717) is 17.0 Å². The number of carbonyl (C=O) groups excluding carboxylic acids is 2. The summed E-state index contributed by atoms with van der Waals surface area (Å²) in [4.78, 5) is 27.6. The van der Waals surface area contributed by atoms with E-state index in [-0.39, 0.29) is 23.9 Å². The number of hydrogen-bond acceptors (Lipinski definition) is 3. The number of aryl methyl sites for hydroxylation is 1. The fraction of sp³-hybridized carbons (Fsp3) is 0.364. The van der Waals surface area contributed by atoms with Crippen LogP contribution in [0.25, 0.3) is 0 Å². The third-order valence-corrected chi connectivity index (χ3v) is 5.76. The molecule has 5 nitrogen and oxygen atoms in total. The Hall–Kier alpha value is -2.82. The number of likely N-dealkylation sites (tertiary alicyclic amines) is 1. The zero-order valence-corrected chi connectivity index (χ0v) is 15.6. The van der Waals surface area contributed by atoms with Crippen molar-refractivity contribution in [1.29, 1.82) is 0 Å². The summed E-state index contributed by atoms with van der Waals surface area (Å²) in [5.74, 6) is 1.18. The Kier molecular flexibility index (Phi) is 4.60. The zero-order valence-electron chi connectivity index (χ0n) is 15.6. The summed E-state index contributed by atoms with van der Waals surface area (Å²) in [7, 11) is 1.62. The highest BCUT2D eigenvalue weighted by molar-refractivity contribution is 5.97. The number of fused-ring (bicyclic) bond motifs is 2. The summed E-state index contributed by atoms with van der Waals surface area (Å²) in [5, 5.41) is 3.14. The molecule has 0 radical (unpaired) electrons. The second kappa shape index (κ2) is 7.06. The molecule has 2 fully saturated rings. The van der Waals surface area contributed by atoms with E-state index in [9.17, 15) is 9.59 Å². The molecule has 0 spiro atoms. The molecular formula is C22H24N2O3. The predicted octanol–water partition coefficient (Wildman–Crippen LogP) is 3.04. The summed E-state index contributed by atoms with van der Waals surface area (Å²) in [6.45, 7) is 2.70. The molecule has 2 aliphatic rings. The first-order valence-corrected chi connectivity index (χ1v) is 9.38. The van der Waals surface area contributed by atoms with Gasteiger partial charge in [-0.05, 0) is 61.6 Å². The van der Waals surface area contributed by atoms with Crippen LogP contribution in [0, 0.1) is 12.8 Å². The van der Waals surface area contributed by atoms with Crippen LogP contribution in [-0.2, 0) is 0 Å². The van der Waals surface area contributed by atoms with Crippen molar-refractivity contribution < 1.29 is 14.3 Å². The van der Waals surface area contributed by atoms with E-state index in [2.05, 4.69) is 5.32 Å². The first kappa shape index (κ1) is 17.6. The minimum Gasteiger partial charge on any atom is -0.497 e. The fourth-order valence-corrected chi connectivity index (χ4v) is 4.41. The van der Waals surface area contributed by atoms with Crippen LogP contribution in [0.2, 0.25) is 0 Å². The largest absolute Gasteiger partial charge is 0.497 e.